The molecular weight excluding hydrogens is 1190 g/mol. The Morgan fingerprint density at radius 3 is 1.32 bits per heavy atom. The Labute approximate surface area is 483 Å². The molecule has 0 fully saturated rings. The van der Waals surface area contributed by atoms with E-state index in [1.807, 2.05) is 0 Å². The number of nitro benzene ring substituents is 2. The summed E-state index contributed by atoms with van der Waals surface area (Å²) in [6, 6.07) is 20.9. The number of nitro groups is 2. The van der Waals surface area contributed by atoms with Crippen LogP contribution in [0.4, 0.5) is 25.8 Å². The average molecular weight is 1240 g/mol. The Morgan fingerprint density at radius 2 is 1.00 bits per heavy atom. The number of nitrogens with two attached hydrogens (primary N) is 1. The number of nitrogens with one attached hydrogen (secondary N) is 2. The number of halogens is 7. The summed E-state index contributed by atoms with van der Waals surface area (Å²) >= 11 is 35.1. The molecule has 0 radical (unpaired) electrons. The maximum atomic E-state index is 12.0. The molecule has 0 heterocycles. The maximum Gasteiger partial charge on any atom is 0.515 e. The molecule has 5 N–H and O–H groups in total. The molecule has 0 unspecified atom stereocenters. The zero-order chi connectivity index (χ0) is 59.6. The van der Waals surface area contributed by atoms with Crippen LogP contribution in [0.1, 0.15) is 31.8 Å². The van der Waals surface area contributed by atoms with Crippen LogP contribution in [0.2, 0.25) is 0 Å². The molecule has 32 heteroatoms. The van der Waals surface area contributed by atoms with Gasteiger partial charge in [0.15, 0.2) is 0 Å². The SMILES string of the molecule is CN(C)C(=O)c1ccc(Oc2cc(CO)ccc2[N+](=O)[O-])cc1.COCCN.COCCNC(=O)Cl.COCCNC(=O)OCc1ccc([N+](=O)[O-])c(Oc2ccc(C(=O)N(C)C)cc2)c1.O=C(OC(Cl)(Cl)Cl)OC(Cl)(Cl)Cl. The molecule has 0 aliphatic rings. The number of carbonyl (C=O) groups is 5. The van der Waals surface area contributed by atoms with Crippen molar-refractivity contribution in [2.75, 3.05) is 89.0 Å². The molecule has 4 rings (SSSR count). The predicted molar refractivity (Wildman–Crippen MR) is 291 cm³/mol. The highest BCUT2D eigenvalue weighted by molar-refractivity contribution is 6.67. The van der Waals surface area contributed by atoms with Crippen LogP contribution in [-0.4, -0.2) is 151 Å². The van der Waals surface area contributed by atoms with Gasteiger partial charge in [-0.05, 0) is 165 Å². The molecule has 25 nitrogen and oxygen atoms in total. The van der Waals surface area contributed by atoms with Crippen LogP contribution in [0.15, 0.2) is 84.9 Å². The van der Waals surface area contributed by atoms with Gasteiger partial charge in [0.05, 0.1) is 36.3 Å². The van der Waals surface area contributed by atoms with Crippen molar-refractivity contribution in [2.24, 2.45) is 5.73 Å². The number of alkyl halides is 6. The van der Waals surface area contributed by atoms with E-state index >= 15 is 0 Å². The highest BCUT2D eigenvalue weighted by atomic mass is 35.6. The highest BCUT2D eigenvalue weighted by Crippen LogP contribution is 2.35. The fraction of sp³-hybridized carbons (Fsp3) is 0.370. The smallest absolute Gasteiger partial charge is 0.450 e. The average Bonchev–Trinajstić information content (AvgIpc) is 3.35. The summed E-state index contributed by atoms with van der Waals surface area (Å²) in [5.74, 6) is 0.392. The van der Waals surface area contributed by atoms with E-state index in [1.54, 1.807) is 90.9 Å². The van der Waals surface area contributed by atoms with Gasteiger partial charge >= 0.3 is 36.9 Å². The van der Waals surface area contributed by atoms with Crippen molar-refractivity contribution in [3.63, 3.8) is 0 Å². The topological polar surface area (TPSA) is 322 Å². The second-order valence-corrected chi connectivity index (χ2v) is 19.4. The molecule has 0 spiro atoms. The molecule has 432 valence electrons. The van der Waals surface area contributed by atoms with E-state index in [0.717, 1.165) is 0 Å². The number of alkyl carbamates (subject to hydrolysis) is 1. The van der Waals surface area contributed by atoms with Crippen LogP contribution >= 0.6 is 81.2 Å². The van der Waals surface area contributed by atoms with Crippen LogP contribution in [0.3, 0.4) is 0 Å². The largest absolute Gasteiger partial charge is 0.515 e. The van der Waals surface area contributed by atoms with E-state index in [1.165, 1.54) is 53.3 Å². The molecular formula is C46H56Cl7N7O18. The van der Waals surface area contributed by atoms with Crippen LogP contribution in [0, 0.1) is 20.2 Å². The minimum atomic E-state index is -2.24. The second kappa shape index (κ2) is 38.6. The zero-order valence-electron chi connectivity index (χ0n) is 42.6. The molecule has 78 heavy (non-hydrogen) atoms. The van der Waals surface area contributed by atoms with E-state index in [9.17, 15) is 44.2 Å². The van der Waals surface area contributed by atoms with Crippen LogP contribution < -0.4 is 25.8 Å². The lowest BCUT2D eigenvalue weighted by molar-refractivity contribution is -0.385. The second-order valence-electron chi connectivity index (χ2n) is 14.7. The molecule has 0 saturated carbocycles. The third-order valence-corrected chi connectivity index (χ3v) is 8.93. The Balaban J connectivity index is 0.00000108. The number of nitrogens with zero attached hydrogens (tertiary/aromatic N) is 4. The number of amides is 4. The number of rotatable bonds is 19. The van der Waals surface area contributed by atoms with Crippen LogP contribution in [0.5, 0.6) is 23.0 Å². The van der Waals surface area contributed by atoms with E-state index in [-0.39, 0.29) is 47.9 Å². The number of hydrogen-bond donors (Lipinski definition) is 4. The molecule has 4 amide bonds. The number of ether oxygens (including phenoxy) is 8. The molecule has 4 aromatic rings. The summed E-state index contributed by atoms with van der Waals surface area (Å²) < 4.78 is 33.8. The molecule has 0 aliphatic heterocycles. The number of hydrogen-bond acceptors (Lipinski definition) is 19. The summed E-state index contributed by atoms with van der Waals surface area (Å²) in [6.45, 7) is 2.57. The Hall–Kier alpha value is -5.94. The zero-order valence-corrected chi connectivity index (χ0v) is 47.9. The van der Waals surface area contributed by atoms with E-state index < -0.39 is 35.4 Å². The predicted octanol–water partition coefficient (Wildman–Crippen LogP) is 9.51. The van der Waals surface area contributed by atoms with Crippen molar-refractivity contribution in [1.29, 1.82) is 0 Å². The fourth-order valence-corrected chi connectivity index (χ4v) is 5.38. The van der Waals surface area contributed by atoms with Gasteiger partial charge in [0, 0.05) is 92.4 Å². The van der Waals surface area contributed by atoms with Crippen molar-refractivity contribution in [1.82, 2.24) is 20.4 Å². The Kier molecular flexibility index (Phi) is 35.7. The third kappa shape index (κ3) is 32.7. The van der Waals surface area contributed by atoms with Gasteiger partial charge in [-0.25, -0.2) is 9.59 Å². The number of benzene rings is 4. The summed E-state index contributed by atoms with van der Waals surface area (Å²) in [6.07, 6.45) is -2.04. The van der Waals surface area contributed by atoms with Gasteiger partial charge in [0.1, 0.15) is 18.1 Å². The van der Waals surface area contributed by atoms with Crippen molar-refractivity contribution in [2.45, 2.75) is 21.2 Å². The van der Waals surface area contributed by atoms with Gasteiger partial charge in [-0.3, -0.25) is 34.6 Å². The van der Waals surface area contributed by atoms with Gasteiger partial charge in [0.25, 0.3) is 11.8 Å². The van der Waals surface area contributed by atoms with E-state index in [0.29, 0.717) is 73.2 Å². The molecule has 0 aromatic heterocycles. The first-order valence-corrected chi connectivity index (χ1v) is 24.4. The number of methoxy groups -OCH3 is 3. The van der Waals surface area contributed by atoms with Gasteiger partial charge in [-0.1, -0.05) is 0 Å². The lowest BCUT2D eigenvalue weighted by atomic mass is 10.2. The van der Waals surface area contributed by atoms with Crippen LogP contribution in [-0.2, 0) is 41.6 Å². The van der Waals surface area contributed by atoms with Gasteiger partial charge in [-0.15, -0.1) is 0 Å². The first-order valence-electron chi connectivity index (χ1n) is 21.7. The summed E-state index contributed by atoms with van der Waals surface area (Å²) in [5.41, 5.74) is 6.54. The lowest BCUT2D eigenvalue weighted by Crippen LogP contribution is -2.27. The standard InChI is InChI=1S/C20H23N3O7.C16H16N2O5.C4H8ClNO2.C3Cl6O3.C3H9NO/c1-22(2)19(24)15-5-7-16(8-6-15)30-18-12-14(4-9-17(18)23(26)27)13-29-20(25)21-10-11-28-3;1-17(2)16(20)12-4-6-13(7-5-12)23-15-9-11(10-19)3-8-14(15)18(21)22;1-8-3-2-6-4(5)7;4-2(5,6)11-1(10)12-3(7,8)9;1-5-3-2-4/h4-9,12H,10-11,13H2,1-3H3,(H,21,25);3-9,19H,10H2,1-2H3;2-3H2,1H3,(H,6,7);;2-4H2,1H3. The maximum absolute atomic E-state index is 12.0. The molecule has 0 aliphatic carbocycles. The number of aliphatic hydroxyl groups is 1. The Bertz CT molecular complexity index is 2490. The first-order chi connectivity index (χ1) is 36.5. The minimum absolute atomic E-state index is 0.00687. The molecule has 0 atom stereocenters. The molecule has 0 bridgehead atoms. The van der Waals surface area contributed by atoms with Crippen molar-refractivity contribution < 1.29 is 76.8 Å². The van der Waals surface area contributed by atoms with Crippen LogP contribution in [0.25, 0.3) is 0 Å². The highest BCUT2D eigenvalue weighted by Gasteiger charge is 2.32. The van der Waals surface area contributed by atoms with Gasteiger partial charge < -0.3 is 69.2 Å². The lowest BCUT2D eigenvalue weighted by Gasteiger charge is -2.15. The summed E-state index contributed by atoms with van der Waals surface area (Å²) in [5, 5.41) is 35.8. The quantitative estimate of drug-likeness (QED) is 0.0129. The van der Waals surface area contributed by atoms with Crippen molar-refractivity contribution in [3.05, 3.63) is 127 Å². The van der Waals surface area contributed by atoms with E-state index in [4.69, 9.17) is 111 Å². The summed E-state index contributed by atoms with van der Waals surface area (Å²) in [7, 11) is 11.3. The number of carbonyl (C=O) groups excluding carboxylic acids is 5. The normalized spacial score (nSPS) is 10.3. The van der Waals surface area contributed by atoms with Gasteiger partial charge in [-0.2, -0.15) is 0 Å². The van der Waals surface area contributed by atoms with Crippen molar-refractivity contribution in [3.8, 4) is 23.0 Å². The van der Waals surface area contributed by atoms with E-state index in [2.05, 4.69) is 29.6 Å². The minimum Gasteiger partial charge on any atom is -0.450 e. The molecule has 0 saturated heterocycles. The van der Waals surface area contributed by atoms with Crippen molar-refractivity contribution >= 4 is 122 Å². The first kappa shape index (κ1) is 72.1. The molecule has 4 aromatic carbocycles. The monoisotopic (exact) mass is 1240 g/mol. The summed E-state index contributed by atoms with van der Waals surface area (Å²) in [4.78, 5) is 80.0. The fourth-order valence-electron chi connectivity index (χ4n) is 4.91. The Morgan fingerprint density at radius 1 is 0.615 bits per heavy atom. The van der Waals surface area contributed by atoms with Gasteiger partial charge in [0.2, 0.25) is 11.5 Å². The number of aliphatic hydroxyl groups excluding tert-OH is 1. The third-order valence-electron chi connectivity index (χ3n) is 8.33.